The van der Waals surface area contributed by atoms with Crippen molar-refractivity contribution < 1.29 is 23.3 Å². The van der Waals surface area contributed by atoms with Gasteiger partial charge in [0.15, 0.2) is 0 Å². The maximum Gasteiger partial charge on any atom is 0.329 e. The van der Waals surface area contributed by atoms with E-state index in [1.165, 1.54) is 17.3 Å². The van der Waals surface area contributed by atoms with Crippen LogP contribution in [0.25, 0.3) is 21.9 Å². The number of pyridine rings is 1. The first-order chi connectivity index (χ1) is 33.6. The maximum absolute atomic E-state index is 14.8. The van der Waals surface area contributed by atoms with Crippen LogP contribution in [0.5, 0.6) is 5.75 Å². The van der Waals surface area contributed by atoms with Crippen LogP contribution in [-0.2, 0) is 27.6 Å². The number of piperazine rings is 1. The van der Waals surface area contributed by atoms with Crippen molar-refractivity contribution in [2.24, 2.45) is 7.05 Å². The molecule has 0 aliphatic carbocycles. The Morgan fingerprint density at radius 1 is 0.886 bits per heavy atom. The lowest BCUT2D eigenvalue weighted by Gasteiger charge is -2.50. The van der Waals surface area contributed by atoms with Gasteiger partial charge in [0, 0.05) is 107 Å². The number of anilines is 6. The molecule has 17 nitrogen and oxygen atoms in total. The topological polar surface area (TPSA) is 175 Å². The molecule has 70 heavy (non-hydrogen) atoms. The van der Waals surface area contributed by atoms with Gasteiger partial charge in [0.1, 0.15) is 30.6 Å². The van der Waals surface area contributed by atoms with E-state index in [0.717, 1.165) is 88.5 Å². The van der Waals surface area contributed by atoms with E-state index in [4.69, 9.17) is 9.72 Å². The normalized spacial score (nSPS) is 18.9. The zero-order valence-corrected chi connectivity index (χ0v) is 42.9. The number of piperidine rings is 2. The summed E-state index contributed by atoms with van der Waals surface area (Å²) in [6.07, 6.45) is 5.13. The molecule has 0 saturated carbocycles. The molecule has 1 unspecified atom stereocenters. The summed E-state index contributed by atoms with van der Waals surface area (Å²) >= 11 is 3.58. The minimum absolute atomic E-state index is 0.211. The third kappa shape index (κ3) is 8.94. The van der Waals surface area contributed by atoms with Crippen LogP contribution >= 0.6 is 23.1 Å². The maximum atomic E-state index is 14.8. The molecule has 6 aromatic rings. The zero-order valence-electron chi connectivity index (χ0n) is 40.4. The van der Waals surface area contributed by atoms with Gasteiger partial charge >= 0.3 is 5.69 Å². The number of imidazole rings is 1. The highest BCUT2D eigenvalue weighted by atomic mass is 79.9. The quantitative estimate of drug-likeness (QED) is 0.0878. The first kappa shape index (κ1) is 47.8. The lowest BCUT2D eigenvalue weighted by Crippen LogP contribution is -2.64. The lowest BCUT2D eigenvalue weighted by molar-refractivity contribution is -0.135. The summed E-state index contributed by atoms with van der Waals surface area (Å²) in [5.74, 6) is 0.270. The number of methoxy groups -OCH3 is 1. The van der Waals surface area contributed by atoms with Crippen LogP contribution in [0.1, 0.15) is 49.9 Å². The Balaban J connectivity index is 0.758. The summed E-state index contributed by atoms with van der Waals surface area (Å²) in [7, 11) is 0.508. The van der Waals surface area contributed by atoms with Gasteiger partial charge in [-0.2, -0.15) is 4.98 Å². The average molecular weight is 1040 g/mol. The number of halogens is 2. The number of hydrogen-bond acceptors (Lipinski definition) is 14. The van der Waals surface area contributed by atoms with Crippen LogP contribution in [-0.4, -0.2) is 131 Å². The van der Waals surface area contributed by atoms with Crippen LogP contribution in [0.3, 0.4) is 0 Å². The highest BCUT2D eigenvalue weighted by Gasteiger charge is 2.38. The van der Waals surface area contributed by atoms with Crippen molar-refractivity contribution >= 4 is 96.6 Å². The van der Waals surface area contributed by atoms with Gasteiger partial charge in [-0.05, 0) is 104 Å². The van der Waals surface area contributed by atoms with Crippen molar-refractivity contribution in [3.05, 3.63) is 86.8 Å². The first-order valence-corrected chi connectivity index (χ1v) is 27.4. The molecule has 3 aromatic carbocycles. The van der Waals surface area contributed by atoms with Crippen molar-refractivity contribution in [1.29, 1.82) is 0 Å². The molecule has 368 valence electrons. The summed E-state index contributed by atoms with van der Waals surface area (Å²) in [6, 6.07) is 15.4. The molecule has 1 atom stereocenters. The molecule has 0 radical (unpaired) electrons. The predicted octanol–water partition coefficient (Wildman–Crippen LogP) is 6.65. The number of aryl methyl sites for hydroxylation is 3. The number of carbonyl (C=O) groups excluding carboxylic acids is 2. The minimum Gasteiger partial charge on any atom is -0.494 e. The van der Waals surface area contributed by atoms with E-state index in [1.54, 1.807) is 61.9 Å². The predicted molar refractivity (Wildman–Crippen MR) is 277 cm³/mol. The number of imide groups is 1. The van der Waals surface area contributed by atoms with Gasteiger partial charge in [-0.15, -0.1) is 0 Å². The third-order valence-corrected chi connectivity index (χ3v) is 16.8. The van der Waals surface area contributed by atoms with Gasteiger partial charge in [-0.3, -0.25) is 38.8 Å². The highest BCUT2D eigenvalue weighted by Crippen LogP contribution is 2.43. The molecule has 3 N–H and O–H groups in total. The second kappa shape index (κ2) is 19.0. The Bertz CT molecular complexity index is 3150. The molecular formula is C50H59BrFN12O5P. The van der Waals surface area contributed by atoms with Gasteiger partial charge in [0.05, 0.1) is 50.9 Å². The van der Waals surface area contributed by atoms with E-state index in [2.05, 4.69) is 86.6 Å². The summed E-state index contributed by atoms with van der Waals surface area (Å²) in [4.78, 5) is 62.0. The molecule has 2 amide bonds. The standard InChI is InChI=1S/C50H59BrFN12O5P/c1-7-30-23-38(56-49-53-26-34(51)47(58-49)55-37-12-11-36-33(46(37)70(5,6)68)24-35(52)29(2)54-36)43(69-4)25-42(30)62-17-15-31(16-18-62)60-19-21-61(22-20-60)32-27-63(28-32)39-9-8-10-40-45(39)59(3)50(67)64(40)41-13-14-44(65)57-48(41)66/h8-12,23-26,31-32,41H,7,13-22,27-28H2,1-6H3,(H,57,65,66)(H2,53,55,56,58). The Labute approximate surface area is 414 Å². The fraction of sp³-hybridized carbons (Fsp3) is 0.440. The molecule has 10 rings (SSSR count). The second-order valence-electron chi connectivity index (χ2n) is 19.3. The minimum atomic E-state index is -2.92. The number of fused-ring (bicyclic) bond motifs is 2. The van der Waals surface area contributed by atoms with E-state index in [-0.39, 0.29) is 23.7 Å². The van der Waals surface area contributed by atoms with Crippen molar-refractivity contribution in [2.75, 3.05) is 93.2 Å². The average Bonchev–Trinajstić information content (AvgIpc) is 3.58. The van der Waals surface area contributed by atoms with Crippen LogP contribution in [0.2, 0.25) is 0 Å². The van der Waals surface area contributed by atoms with Crippen LogP contribution in [0.4, 0.5) is 38.9 Å². The zero-order chi connectivity index (χ0) is 49.2. The van der Waals surface area contributed by atoms with Crippen molar-refractivity contribution in [3.8, 4) is 5.75 Å². The molecule has 20 heteroatoms. The smallest absolute Gasteiger partial charge is 0.329 e. The van der Waals surface area contributed by atoms with E-state index >= 15 is 0 Å². The van der Waals surface area contributed by atoms with Crippen molar-refractivity contribution in [2.45, 2.75) is 64.1 Å². The van der Waals surface area contributed by atoms with Gasteiger partial charge < -0.3 is 29.7 Å². The number of nitrogens with zero attached hydrogens (tertiary/aromatic N) is 9. The largest absolute Gasteiger partial charge is 0.494 e. The first-order valence-electron chi connectivity index (χ1n) is 24.0. The van der Waals surface area contributed by atoms with Crippen molar-refractivity contribution in [3.63, 3.8) is 0 Å². The fourth-order valence-electron chi connectivity index (χ4n) is 10.9. The van der Waals surface area contributed by atoms with Crippen LogP contribution < -0.4 is 41.5 Å². The number of para-hydroxylation sites is 1. The number of nitrogens with one attached hydrogen (secondary N) is 3. The van der Waals surface area contributed by atoms with E-state index < -0.39 is 24.9 Å². The van der Waals surface area contributed by atoms with E-state index in [9.17, 15) is 23.3 Å². The van der Waals surface area contributed by atoms with Gasteiger partial charge in [-0.1, -0.05) is 13.0 Å². The van der Waals surface area contributed by atoms with E-state index in [0.29, 0.717) is 67.9 Å². The molecular weight excluding hydrogens is 979 g/mol. The summed E-state index contributed by atoms with van der Waals surface area (Å²) in [6.45, 7) is 14.8. The number of amides is 2. The monoisotopic (exact) mass is 1040 g/mol. The number of aromatic nitrogens is 5. The van der Waals surface area contributed by atoms with E-state index in [1.807, 2.05) is 12.1 Å². The summed E-state index contributed by atoms with van der Waals surface area (Å²) in [5.41, 5.74) is 6.76. The third-order valence-electron chi connectivity index (χ3n) is 14.7. The Hall–Kier alpha value is -5.88. The highest BCUT2D eigenvalue weighted by molar-refractivity contribution is 9.10. The van der Waals surface area contributed by atoms with Gasteiger partial charge in [-0.25, -0.2) is 14.2 Å². The molecule has 3 aromatic heterocycles. The summed E-state index contributed by atoms with van der Waals surface area (Å²) < 4.78 is 38.2. The molecule has 0 spiro atoms. The van der Waals surface area contributed by atoms with Crippen molar-refractivity contribution in [1.82, 2.24) is 39.2 Å². The molecule has 4 saturated heterocycles. The number of ether oxygens (including phenoxy) is 1. The SMILES string of the molecule is CCc1cc(Nc2ncc(Br)c(Nc3ccc4nc(C)c(F)cc4c3P(C)(C)=O)n2)c(OC)cc1N1CCC(N2CCN(C3CN(c4cccc5c4n(C)c(=O)n5C4CCC(=O)NC4=O)C3)CC2)CC1. The molecule has 0 bridgehead atoms. The fourth-order valence-corrected chi connectivity index (χ4v) is 12.7. The van der Waals surface area contributed by atoms with Gasteiger partial charge in [0.25, 0.3) is 0 Å². The Morgan fingerprint density at radius 3 is 2.30 bits per heavy atom. The Morgan fingerprint density at radius 2 is 1.61 bits per heavy atom. The molecule has 7 heterocycles. The van der Waals surface area contributed by atoms with Crippen LogP contribution in [0, 0.1) is 12.7 Å². The molecule has 4 aliphatic heterocycles. The Kier molecular flexibility index (Phi) is 13.0. The molecule has 4 fully saturated rings. The lowest BCUT2D eigenvalue weighted by atomic mass is 9.98. The molecule has 4 aliphatic rings. The number of hydrogen-bond donors (Lipinski definition) is 3. The second-order valence-corrected chi connectivity index (χ2v) is 23.3. The van der Waals surface area contributed by atoms with Crippen LogP contribution in [0.15, 0.2) is 64.0 Å². The number of rotatable bonds is 12. The number of carbonyl (C=O) groups is 2. The van der Waals surface area contributed by atoms with Gasteiger partial charge in [0.2, 0.25) is 17.8 Å². The summed E-state index contributed by atoms with van der Waals surface area (Å²) in [5, 5.41) is 10.1. The number of benzene rings is 3.